The lowest BCUT2D eigenvalue weighted by Crippen LogP contribution is -2.30. The molecule has 1 atom stereocenters. The van der Waals surface area contributed by atoms with E-state index in [4.69, 9.17) is 4.74 Å². The summed E-state index contributed by atoms with van der Waals surface area (Å²) in [6.45, 7) is 3.33. The molecule has 0 bridgehead atoms. The first-order valence-corrected chi connectivity index (χ1v) is 13.7. The maximum Gasteiger partial charge on any atom is 0.0836 e. The van der Waals surface area contributed by atoms with Crippen molar-refractivity contribution >= 4 is 23.5 Å². The Morgan fingerprint density at radius 3 is 1.93 bits per heavy atom. The predicted octanol–water partition coefficient (Wildman–Crippen LogP) is 7.69. The number of nitrogens with zero attached hydrogens (tertiary/aromatic N) is 1. The molecule has 1 rings (SSSR count). The largest absolute Gasteiger partial charge is 0.379 e. The average molecular weight is 416 g/mol. The van der Waals surface area contributed by atoms with Gasteiger partial charge in [-0.1, -0.05) is 90.4 Å². The van der Waals surface area contributed by atoms with Crippen LogP contribution >= 0.6 is 23.5 Å². The lowest BCUT2D eigenvalue weighted by molar-refractivity contribution is 0.100. The van der Waals surface area contributed by atoms with Crippen LogP contribution in [0.1, 0.15) is 96.8 Å². The lowest BCUT2D eigenvalue weighted by Gasteiger charge is -2.21. The standard InChI is InChI=1S/C23H45NOS2/c1-3-4-5-6-7-8-9-10-11-12-13-14-15-16-18-26-21-23(25-2)20-24-17-19-27-22-24/h17,19,23H,3-16,18,20-22H2,1-2H3. The normalized spacial score (nSPS) is 15.0. The molecular weight excluding hydrogens is 370 g/mol. The molecule has 2 nitrogen and oxygen atoms in total. The SMILES string of the molecule is CCCCCCCCCCCCCCCCSCC(CN1C=CSC1)OC. The lowest BCUT2D eigenvalue weighted by atomic mass is 10.0. The zero-order chi connectivity index (χ0) is 19.4. The number of thioether (sulfide) groups is 2. The summed E-state index contributed by atoms with van der Waals surface area (Å²) in [5.41, 5.74) is 0. The van der Waals surface area contributed by atoms with Gasteiger partial charge in [-0.2, -0.15) is 11.8 Å². The molecule has 1 aliphatic rings. The Bertz CT molecular complexity index is 338. The van der Waals surface area contributed by atoms with Crippen molar-refractivity contribution in [2.75, 3.05) is 31.0 Å². The average Bonchev–Trinajstić information content (AvgIpc) is 3.19. The molecule has 0 aromatic heterocycles. The fourth-order valence-electron chi connectivity index (χ4n) is 3.49. The zero-order valence-corrected chi connectivity index (χ0v) is 19.8. The highest BCUT2D eigenvalue weighted by atomic mass is 32.2. The number of hydrogen-bond donors (Lipinski definition) is 0. The van der Waals surface area contributed by atoms with Crippen molar-refractivity contribution in [3.8, 4) is 0 Å². The third-order valence-corrected chi connectivity index (χ3v) is 7.31. The minimum Gasteiger partial charge on any atom is -0.379 e. The Kier molecular flexibility index (Phi) is 18.2. The molecule has 0 aromatic rings. The van der Waals surface area contributed by atoms with Crippen molar-refractivity contribution in [1.82, 2.24) is 4.90 Å². The van der Waals surface area contributed by atoms with Crippen LogP contribution in [0.2, 0.25) is 0 Å². The molecule has 0 aliphatic carbocycles. The summed E-state index contributed by atoms with van der Waals surface area (Å²) in [5, 5.41) is 2.18. The van der Waals surface area contributed by atoms with E-state index in [9.17, 15) is 0 Å². The Morgan fingerprint density at radius 2 is 1.44 bits per heavy atom. The van der Waals surface area contributed by atoms with E-state index in [1.807, 2.05) is 18.9 Å². The van der Waals surface area contributed by atoms with Crippen LogP contribution in [0.25, 0.3) is 0 Å². The van der Waals surface area contributed by atoms with Gasteiger partial charge in [0, 0.05) is 25.6 Å². The van der Waals surface area contributed by atoms with Crippen molar-refractivity contribution in [3.63, 3.8) is 0 Å². The van der Waals surface area contributed by atoms with Crippen LogP contribution in [0.3, 0.4) is 0 Å². The molecule has 27 heavy (non-hydrogen) atoms. The molecule has 0 spiro atoms. The highest BCUT2D eigenvalue weighted by molar-refractivity contribution is 8.02. The third-order valence-electron chi connectivity index (χ3n) is 5.33. The van der Waals surface area contributed by atoms with E-state index < -0.39 is 0 Å². The van der Waals surface area contributed by atoms with Crippen LogP contribution in [0.4, 0.5) is 0 Å². The Labute approximate surface area is 178 Å². The van der Waals surface area contributed by atoms with Crippen molar-refractivity contribution in [2.24, 2.45) is 0 Å². The topological polar surface area (TPSA) is 12.5 Å². The molecule has 4 heteroatoms. The van der Waals surface area contributed by atoms with Gasteiger partial charge < -0.3 is 9.64 Å². The maximum absolute atomic E-state index is 5.63. The fraction of sp³-hybridized carbons (Fsp3) is 0.913. The van der Waals surface area contributed by atoms with Gasteiger partial charge in [-0.05, 0) is 17.6 Å². The first kappa shape index (κ1) is 25.2. The van der Waals surface area contributed by atoms with Crippen LogP contribution < -0.4 is 0 Å². The van der Waals surface area contributed by atoms with Gasteiger partial charge >= 0.3 is 0 Å². The maximum atomic E-state index is 5.63. The van der Waals surface area contributed by atoms with E-state index in [0.717, 1.165) is 18.2 Å². The van der Waals surface area contributed by atoms with Gasteiger partial charge in [0.1, 0.15) is 0 Å². The van der Waals surface area contributed by atoms with Crippen LogP contribution in [0.15, 0.2) is 11.6 Å². The summed E-state index contributed by atoms with van der Waals surface area (Å²) >= 11 is 3.94. The summed E-state index contributed by atoms with van der Waals surface area (Å²) in [6.07, 6.45) is 22.7. The van der Waals surface area contributed by atoms with Gasteiger partial charge in [-0.3, -0.25) is 0 Å². The molecule has 0 aromatic carbocycles. The zero-order valence-electron chi connectivity index (χ0n) is 18.1. The van der Waals surface area contributed by atoms with Gasteiger partial charge in [0.05, 0.1) is 12.0 Å². The van der Waals surface area contributed by atoms with Gasteiger partial charge in [-0.15, -0.1) is 11.8 Å². The Morgan fingerprint density at radius 1 is 0.889 bits per heavy atom. The molecule has 0 saturated carbocycles. The van der Waals surface area contributed by atoms with E-state index >= 15 is 0 Å². The van der Waals surface area contributed by atoms with Crippen molar-refractivity contribution in [3.05, 3.63) is 11.6 Å². The van der Waals surface area contributed by atoms with Crippen molar-refractivity contribution in [1.29, 1.82) is 0 Å². The monoisotopic (exact) mass is 415 g/mol. The van der Waals surface area contributed by atoms with E-state index in [1.165, 1.54) is 95.6 Å². The molecule has 0 saturated heterocycles. The third kappa shape index (κ3) is 15.8. The van der Waals surface area contributed by atoms with Gasteiger partial charge in [0.2, 0.25) is 0 Å². The van der Waals surface area contributed by atoms with E-state index in [1.54, 1.807) is 0 Å². The highest BCUT2D eigenvalue weighted by Crippen LogP contribution is 2.18. The van der Waals surface area contributed by atoms with Crippen LogP contribution in [-0.2, 0) is 4.74 Å². The minimum atomic E-state index is 0.366. The number of hydrogen-bond acceptors (Lipinski definition) is 4. The smallest absolute Gasteiger partial charge is 0.0836 e. The van der Waals surface area contributed by atoms with E-state index in [0.29, 0.717) is 6.10 Å². The molecule has 1 heterocycles. The molecule has 0 radical (unpaired) electrons. The Balaban J connectivity index is 1.75. The first-order chi connectivity index (χ1) is 13.4. The molecule has 0 amide bonds. The number of ether oxygens (including phenoxy) is 1. The Hall–Kier alpha value is 0.200. The highest BCUT2D eigenvalue weighted by Gasteiger charge is 2.13. The predicted molar refractivity (Wildman–Crippen MR) is 127 cm³/mol. The fourth-order valence-corrected chi connectivity index (χ4v) is 5.30. The van der Waals surface area contributed by atoms with Crippen LogP contribution in [-0.4, -0.2) is 42.0 Å². The van der Waals surface area contributed by atoms with E-state index in [-0.39, 0.29) is 0 Å². The van der Waals surface area contributed by atoms with Crippen LogP contribution in [0, 0.1) is 0 Å². The summed E-state index contributed by atoms with van der Waals surface area (Å²) in [4.78, 5) is 2.35. The van der Waals surface area contributed by atoms with Crippen molar-refractivity contribution < 1.29 is 4.74 Å². The molecule has 160 valence electrons. The molecule has 0 N–H and O–H groups in total. The second-order valence-electron chi connectivity index (χ2n) is 7.88. The summed E-state index contributed by atoms with van der Waals surface area (Å²) in [5.74, 6) is 3.51. The number of rotatable bonds is 20. The molecule has 0 fully saturated rings. The second-order valence-corrected chi connectivity index (χ2v) is 9.89. The quantitative estimate of drug-likeness (QED) is 0.189. The first-order valence-electron chi connectivity index (χ1n) is 11.5. The summed E-state index contributed by atoms with van der Waals surface area (Å²) in [7, 11) is 1.85. The van der Waals surface area contributed by atoms with Gasteiger partial charge in [-0.25, -0.2) is 0 Å². The number of unbranched alkanes of at least 4 members (excludes halogenated alkanes) is 13. The summed E-state index contributed by atoms with van der Waals surface area (Å²) < 4.78 is 5.63. The van der Waals surface area contributed by atoms with Gasteiger partial charge in [0.15, 0.2) is 0 Å². The molecular formula is C23H45NOS2. The summed E-state index contributed by atoms with van der Waals surface area (Å²) in [6, 6.07) is 0. The van der Waals surface area contributed by atoms with E-state index in [2.05, 4.69) is 35.2 Å². The van der Waals surface area contributed by atoms with Gasteiger partial charge in [0.25, 0.3) is 0 Å². The van der Waals surface area contributed by atoms with Crippen molar-refractivity contribution in [2.45, 2.75) is 103 Å². The minimum absolute atomic E-state index is 0.366. The molecule has 1 aliphatic heterocycles. The number of methoxy groups -OCH3 is 1. The second kappa shape index (κ2) is 19.5. The molecule has 1 unspecified atom stereocenters. The van der Waals surface area contributed by atoms with Crippen LogP contribution in [0.5, 0.6) is 0 Å².